The number of hydrogen-bond acceptors (Lipinski definition) is 3. The summed E-state index contributed by atoms with van der Waals surface area (Å²) in [7, 11) is 1.55. The van der Waals surface area contributed by atoms with Crippen LogP contribution in [0.15, 0.2) is 16.6 Å². The minimum Gasteiger partial charge on any atom is -0.495 e. The minimum absolute atomic E-state index is 0.266. The molecule has 1 aromatic rings. The largest absolute Gasteiger partial charge is 0.495 e. The molecule has 0 spiro atoms. The van der Waals surface area contributed by atoms with Gasteiger partial charge in [-0.2, -0.15) is 0 Å². The Hall–Kier alpha value is -0.290. The van der Waals surface area contributed by atoms with Crippen molar-refractivity contribution in [1.82, 2.24) is 0 Å². The van der Waals surface area contributed by atoms with E-state index in [-0.39, 0.29) is 6.61 Å². The fraction of sp³-hybridized carbons (Fsp3) is 0.250. The van der Waals surface area contributed by atoms with Gasteiger partial charge in [-0.05, 0) is 12.1 Å². The summed E-state index contributed by atoms with van der Waals surface area (Å²) in [5.74, 6) is 5.56. The van der Waals surface area contributed by atoms with Crippen molar-refractivity contribution >= 4 is 27.5 Å². The first-order valence-corrected chi connectivity index (χ1v) is 4.69. The van der Waals surface area contributed by atoms with Crippen LogP contribution in [0.5, 0.6) is 5.75 Å². The first-order chi connectivity index (χ1) is 6.19. The van der Waals surface area contributed by atoms with Gasteiger partial charge >= 0.3 is 0 Å². The predicted octanol–water partition coefficient (Wildman–Crippen LogP) is 2.50. The van der Waals surface area contributed by atoms with Crippen molar-refractivity contribution in [3.8, 4) is 5.75 Å². The molecule has 0 aliphatic carbocycles. The average molecular weight is 267 g/mol. The molecule has 0 aliphatic rings. The summed E-state index contributed by atoms with van der Waals surface area (Å²) < 4.78 is 5.96. The zero-order valence-electron chi connectivity index (χ0n) is 7.01. The van der Waals surface area contributed by atoms with Gasteiger partial charge in [-0.15, -0.1) is 0 Å². The van der Waals surface area contributed by atoms with Crippen molar-refractivity contribution in [3.63, 3.8) is 0 Å². The van der Waals surface area contributed by atoms with E-state index in [0.717, 1.165) is 10.0 Å². The number of ether oxygens (including phenoxy) is 1. The SMILES string of the molecule is COc1c(Cl)cc(Br)cc1CON. The Bertz CT molecular complexity index is 306. The standard InChI is InChI=1S/C8H9BrClNO2/c1-12-8-5(4-13-11)2-6(9)3-7(8)10/h2-3H,4,11H2,1H3. The van der Waals surface area contributed by atoms with E-state index >= 15 is 0 Å². The van der Waals surface area contributed by atoms with E-state index in [1.807, 2.05) is 6.07 Å². The Morgan fingerprint density at radius 2 is 2.23 bits per heavy atom. The third kappa shape index (κ3) is 2.57. The Balaban J connectivity index is 3.13. The van der Waals surface area contributed by atoms with Crippen LogP contribution in [-0.4, -0.2) is 7.11 Å². The molecule has 0 bridgehead atoms. The van der Waals surface area contributed by atoms with Gasteiger partial charge in [0.25, 0.3) is 0 Å². The van der Waals surface area contributed by atoms with E-state index in [9.17, 15) is 0 Å². The molecule has 0 aliphatic heterocycles. The van der Waals surface area contributed by atoms with Gasteiger partial charge in [0.2, 0.25) is 0 Å². The average Bonchev–Trinajstić information content (AvgIpc) is 2.04. The van der Waals surface area contributed by atoms with Crippen LogP contribution < -0.4 is 10.6 Å². The van der Waals surface area contributed by atoms with Crippen LogP contribution in [-0.2, 0) is 11.4 Å². The number of hydrogen-bond donors (Lipinski definition) is 1. The molecular weight excluding hydrogens is 257 g/mol. The summed E-state index contributed by atoms with van der Waals surface area (Å²) in [5, 5.41) is 0.531. The zero-order chi connectivity index (χ0) is 9.84. The Kier molecular flexibility index (Phi) is 3.99. The summed E-state index contributed by atoms with van der Waals surface area (Å²) in [4.78, 5) is 4.52. The highest BCUT2D eigenvalue weighted by Gasteiger charge is 2.08. The predicted molar refractivity (Wildman–Crippen MR) is 54.7 cm³/mol. The summed E-state index contributed by atoms with van der Waals surface area (Å²) in [6.07, 6.45) is 0. The summed E-state index contributed by atoms with van der Waals surface area (Å²) >= 11 is 9.23. The molecular formula is C8H9BrClNO2. The molecule has 13 heavy (non-hydrogen) atoms. The van der Waals surface area contributed by atoms with E-state index < -0.39 is 0 Å². The summed E-state index contributed by atoms with van der Waals surface area (Å²) in [6.45, 7) is 0.266. The molecule has 0 saturated heterocycles. The minimum atomic E-state index is 0.266. The lowest BCUT2D eigenvalue weighted by molar-refractivity contribution is 0.122. The van der Waals surface area contributed by atoms with Gasteiger partial charge in [0.05, 0.1) is 18.7 Å². The van der Waals surface area contributed by atoms with Crippen LogP contribution in [0.2, 0.25) is 5.02 Å². The molecule has 72 valence electrons. The van der Waals surface area contributed by atoms with E-state index in [1.54, 1.807) is 13.2 Å². The molecule has 1 aromatic carbocycles. The van der Waals surface area contributed by atoms with Crippen LogP contribution >= 0.6 is 27.5 Å². The van der Waals surface area contributed by atoms with Crippen molar-refractivity contribution in [2.24, 2.45) is 5.90 Å². The van der Waals surface area contributed by atoms with Gasteiger partial charge < -0.3 is 4.74 Å². The molecule has 0 fully saturated rings. The van der Waals surface area contributed by atoms with Crippen molar-refractivity contribution in [2.75, 3.05) is 7.11 Å². The van der Waals surface area contributed by atoms with Crippen LogP contribution in [0, 0.1) is 0 Å². The van der Waals surface area contributed by atoms with Crippen molar-refractivity contribution in [2.45, 2.75) is 6.61 Å². The van der Waals surface area contributed by atoms with E-state index in [1.165, 1.54) is 0 Å². The lowest BCUT2D eigenvalue weighted by Crippen LogP contribution is -2.01. The Morgan fingerprint density at radius 1 is 1.54 bits per heavy atom. The zero-order valence-corrected chi connectivity index (χ0v) is 9.35. The molecule has 0 atom stereocenters. The van der Waals surface area contributed by atoms with Crippen molar-refractivity contribution in [3.05, 3.63) is 27.2 Å². The van der Waals surface area contributed by atoms with Gasteiger partial charge in [-0.1, -0.05) is 27.5 Å². The topological polar surface area (TPSA) is 44.5 Å². The van der Waals surface area contributed by atoms with Crippen molar-refractivity contribution in [1.29, 1.82) is 0 Å². The lowest BCUT2D eigenvalue weighted by Gasteiger charge is -2.09. The molecule has 5 heteroatoms. The highest BCUT2D eigenvalue weighted by molar-refractivity contribution is 9.10. The van der Waals surface area contributed by atoms with Gasteiger partial charge in [0.15, 0.2) is 0 Å². The number of nitrogens with two attached hydrogens (primary N) is 1. The first kappa shape index (κ1) is 10.8. The first-order valence-electron chi connectivity index (χ1n) is 3.52. The normalized spacial score (nSPS) is 10.2. The fourth-order valence-corrected chi connectivity index (χ4v) is 1.99. The second kappa shape index (κ2) is 4.81. The second-order valence-corrected chi connectivity index (χ2v) is 3.71. The van der Waals surface area contributed by atoms with E-state index in [2.05, 4.69) is 20.8 Å². The number of halogens is 2. The third-order valence-electron chi connectivity index (χ3n) is 1.53. The van der Waals surface area contributed by atoms with E-state index in [0.29, 0.717) is 10.8 Å². The Morgan fingerprint density at radius 3 is 2.77 bits per heavy atom. The highest BCUT2D eigenvalue weighted by atomic mass is 79.9. The summed E-state index contributed by atoms with van der Waals surface area (Å²) in [5.41, 5.74) is 0.810. The molecule has 3 nitrogen and oxygen atoms in total. The molecule has 0 aromatic heterocycles. The fourth-order valence-electron chi connectivity index (χ4n) is 1.04. The van der Waals surface area contributed by atoms with Gasteiger partial charge in [-0.3, -0.25) is 4.84 Å². The van der Waals surface area contributed by atoms with Crippen LogP contribution in [0.25, 0.3) is 0 Å². The van der Waals surface area contributed by atoms with E-state index in [4.69, 9.17) is 22.2 Å². The molecule has 0 saturated carbocycles. The molecule has 0 heterocycles. The maximum atomic E-state index is 5.92. The number of methoxy groups -OCH3 is 1. The summed E-state index contributed by atoms with van der Waals surface area (Å²) in [6, 6.07) is 3.60. The molecule has 1 rings (SSSR count). The molecule has 0 unspecified atom stereocenters. The maximum absolute atomic E-state index is 5.92. The molecule has 2 N–H and O–H groups in total. The van der Waals surface area contributed by atoms with Gasteiger partial charge in [0.1, 0.15) is 5.75 Å². The smallest absolute Gasteiger partial charge is 0.143 e. The second-order valence-electron chi connectivity index (χ2n) is 2.39. The number of rotatable bonds is 3. The maximum Gasteiger partial charge on any atom is 0.143 e. The van der Waals surface area contributed by atoms with Crippen LogP contribution in [0.3, 0.4) is 0 Å². The van der Waals surface area contributed by atoms with Crippen molar-refractivity contribution < 1.29 is 9.57 Å². The van der Waals surface area contributed by atoms with Crippen LogP contribution in [0.4, 0.5) is 0 Å². The quantitative estimate of drug-likeness (QED) is 0.855. The van der Waals surface area contributed by atoms with Crippen LogP contribution in [0.1, 0.15) is 5.56 Å². The van der Waals surface area contributed by atoms with Gasteiger partial charge in [-0.25, -0.2) is 5.90 Å². The third-order valence-corrected chi connectivity index (χ3v) is 2.27. The molecule has 0 radical (unpaired) electrons. The number of benzene rings is 1. The lowest BCUT2D eigenvalue weighted by atomic mass is 10.2. The monoisotopic (exact) mass is 265 g/mol. The highest BCUT2D eigenvalue weighted by Crippen LogP contribution is 2.32. The van der Waals surface area contributed by atoms with Gasteiger partial charge in [0, 0.05) is 10.0 Å². The Labute approximate surface area is 89.9 Å². The molecule has 0 amide bonds.